The second kappa shape index (κ2) is 5.33. The molecule has 0 aliphatic carbocycles. The van der Waals surface area contributed by atoms with Gasteiger partial charge in [-0.3, -0.25) is 4.40 Å². The van der Waals surface area contributed by atoms with Crippen molar-refractivity contribution in [1.29, 1.82) is 0 Å². The average Bonchev–Trinajstić information content (AvgIpc) is 2.83. The molecule has 0 aliphatic heterocycles. The minimum atomic E-state index is -0.370. The van der Waals surface area contributed by atoms with Gasteiger partial charge in [-0.25, -0.2) is 9.78 Å². The van der Waals surface area contributed by atoms with Crippen LogP contribution in [0.2, 0.25) is 0 Å². The largest absolute Gasteiger partial charge is 0.465 e. The highest BCUT2D eigenvalue weighted by molar-refractivity contribution is 9.10. The van der Waals surface area contributed by atoms with Crippen LogP contribution in [0.5, 0.6) is 0 Å². The lowest BCUT2D eigenvalue weighted by molar-refractivity contribution is 0.0601. The normalized spacial score (nSPS) is 10.8. The van der Waals surface area contributed by atoms with Crippen LogP contribution in [0, 0.1) is 6.92 Å². The third-order valence-electron chi connectivity index (χ3n) is 3.30. The number of methoxy groups -OCH3 is 1. The summed E-state index contributed by atoms with van der Waals surface area (Å²) in [5.41, 5.74) is 3.93. The number of nitrogens with zero attached hydrogens (tertiary/aromatic N) is 2. The number of halogens is 1. The van der Waals surface area contributed by atoms with E-state index in [2.05, 4.69) is 20.9 Å². The van der Waals surface area contributed by atoms with Crippen molar-refractivity contribution < 1.29 is 9.53 Å². The van der Waals surface area contributed by atoms with E-state index >= 15 is 0 Å². The second-order valence-corrected chi connectivity index (χ2v) is 5.47. The number of pyridine rings is 1. The molecule has 106 valence electrons. The first-order valence-corrected chi connectivity index (χ1v) is 7.23. The average molecular weight is 345 g/mol. The molecule has 0 saturated heterocycles. The zero-order chi connectivity index (χ0) is 15.0. The highest BCUT2D eigenvalue weighted by Crippen LogP contribution is 2.31. The van der Waals surface area contributed by atoms with Crippen molar-refractivity contribution in [2.75, 3.05) is 7.11 Å². The third-order valence-corrected chi connectivity index (χ3v) is 4.05. The first-order chi connectivity index (χ1) is 10.1. The van der Waals surface area contributed by atoms with Gasteiger partial charge in [0.25, 0.3) is 0 Å². The number of aromatic nitrogens is 2. The fraction of sp³-hybridized carbons (Fsp3) is 0.125. The van der Waals surface area contributed by atoms with Crippen LogP contribution in [0.15, 0.2) is 47.2 Å². The quantitative estimate of drug-likeness (QED) is 0.663. The summed E-state index contributed by atoms with van der Waals surface area (Å²) in [5.74, 6) is -0.370. The lowest BCUT2D eigenvalue weighted by Crippen LogP contribution is -2.03. The summed E-state index contributed by atoms with van der Waals surface area (Å²) >= 11 is 3.58. The molecule has 21 heavy (non-hydrogen) atoms. The number of hydrogen-bond donors (Lipinski definition) is 0. The first-order valence-electron chi connectivity index (χ1n) is 6.43. The summed E-state index contributed by atoms with van der Waals surface area (Å²) in [6, 6.07) is 11.2. The van der Waals surface area contributed by atoms with Gasteiger partial charge in [0, 0.05) is 11.8 Å². The van der Waals surface area contributed by atoms with Gasteiger partial charge >= 0.3 is 5.97 Å². The van der Waals surface area contributed by atoms with E-state index in [1.807, 2.05) is 47.9 Å². The Morgan fingerprint density at radius 2 is 2.00 bits per heavy atom. The molecule has 4 nitrogen and oxygen atoms in total. The van der Waals surface area contributed by atoms with E-state index in [4.69, 9.17) is 4.74 Å². The van der Waals surface area contributed by atoms with Crippen LogP contribution in [0.1, 0.15) is 15.9 Å². The molecule has 0 fully saturated rings. The molecular formula is C16H13BrN2O2. The van der Waals surface area contributed by atoms with Crippen molar-refractivity contribution in [1.82, 2.24) is 9.38 Å². The molecule has 0 bridgehead atoms. The Labute approximate surface area is 130 Å². The fourth-order valence-corrected chi connectivity index (χ4v) is 2.86. The van der Waals surface area contributed by atoms with Crippen molar-refractivity contribution in [3.05, 3.63) is 58.3 Å². The van der Waals surface area contributed by atoms with Crippen LogP contribution >= 0.6 is 15.9 Å². The van der Waals surface area contributed by atoms with Crippen LogP contribution in [0.25, 0.3) is 16.9 Å². The van der Waals surface area contributed by atoms with Crippen LogP contribution in [-0.2, 0) is 4.74 Å². The number of benzene rings is 1. The van der Waals surface area contributed by atoms with Gasteiger partial charge in [-0.1, -0.05) is 24.3 Å². The molecule has 2 heterocycles. The van der Waals surface area contributed by atoms with Gasteiger partial charge in [0.2, 0.25) is 0 Å². The predicted molar refractivity (Wildman–Crippen MR) is 84.4 cm³/mol. The van der Waals surface area contributed by atoms with E-state index in [1.165, 1.54) is 7.11 Å². The van der Waals surface area contributed by atoms with E-state index in [1.54, 1.807) is 6.07 Å². The third kappa shape index (κ3) is 2.34. The summed E-state index contributed by atoms with van der Waals surface area (Å²) in [5, 5.41) is 0. The molecule has 1 aromatic carbocycles. The summed E-state index contributed by atoms with van der Waals surface area (Å²) in [7, 11) is 1.38. The number of fused-ring (bicyclic) bond motifs is 1. The van der Waals surface area contributed by atoms with Gasteiger partial charge in [0.1, 0.15) is 15.9 Å². The zero-order valence-electron chi connectivity index (χ0n) is 11.6. The van der Waals surface area contributed by atoms with Crippen LogP contribution < -0.4 is 0 Å². The van der Waals surface area contributed by atoms with Gasteiger partial charge in [-0.05, 0) is 40.5 Å². The molecule has 2 aromatic heterocycles. The Kier molecular flexibility index (Phi) is 3.51. The van der Waals surface area contributed by atoms with E-state index in [0.29, 0.717) is 5.56 Å². The first kappa shape index (κ1) is 13.8. The van der Waals surface area contributed by atoms with Gasteiger partial charge in [-0.15, -0.1) is 0 Å². The maximum absolute atomic E-state index is 11.9. The number of rotatable bonds is 2. The van der Waals surface area contributed by atoms with Gasteiger partial charge in [-0.2, -0.15) is 0 Å². The number of carbonyl (C=O) groups is 1. The molecule has 0 N–H and O–H groups in total. The molecule has 0 atom stereocenters. The van der Waals surface area contributed by atoms with E-state index < -0.39 is 0 Å². The number of aryl methyl sites for hydroxylation is 1. The lowest BCUT2D eigenvalue weighted by atomic mass is 10.1. The Bertz CT molecular complexity index is 839. The van der Waals surface area contributed by atoms with E-state index in [-0.39, 0.29) is 5.97 Å². The van der Waals surface area contributed by atoms with E-state index in [9.17, 15) is 4.79 Å². The molecule has 0 amide bonds. The molecule has 5 heteroatoms. The zero-order valence-corrected chi connectivity index (χ0v) is 13.2. The van der Waals surface area contributed by atoms with Crippen molar-refractivity contribution in [3.63, 3.8) is 0 Å². The molecule has 3 rings (SSSR count). The van der Waals surface area contributed by atoms with Crippen LogP contribution in [0.4, 0.5) is 0 Å². The minimum Gasteiger partial charge on any atom is -0.465 e. The van der Waals surface area contributed by atoms with Gasteiger partial charge in [0.05, 0.1) is 12.7 Å². The van der Waals surface area contributed by atoms with E-state index in [0.717, 1.165) is 27.1 Å². The number of ether oxygens (including phenoxy) is 1. The van der Waals surface area contributed by atoms with Crippen molar-refractivity contribution >= 4 is 27.5 Å². The Morgan fingerprint density at radius 1 is 1.24 bits per heavy atom. The summed E-state index contributed by atoms with van der Waals surface area (Å²) < 4.78 is 7.62. The van der Waals surface area contributed by atoms with Crippen LogP contribution in [0.3, 0.4) is 0 Å². The topological polar surface area (TPSA) is 43.6 Å². The second-order valence-electron chi connectivity index (χ2n) is 4.72. The molecule has 0 unspecified atom stereocenters. The molecule has 0 radical (unpaired) electrons. The smallest absolute Gasteiger partial charge is 0.338 e. The summed E-state index contributed by atoms with van der Waals surface area (Å²) in [6.45, 7) is 2.02. The molecule has 0 spiro atoms. The summed E-state index contributed by atoms with van der Waals surface area (Å²) in [4.78, 5) is 16.5. The number of esters is 1. The molecule has 3 aromatic rings. The number of hydrogen-bond acceptors (Lipinski definition) is 3. The minimum absolute atomic E-state index is 0.370. The highest BCUT2D eigenvalue weighted by atomic mass is 79.9. The van der Waals surface area contributed by atoms with Crippen molar-refractivity contribution in [2.45, 2.75) is 6.92 Å². The predicted octanol–water partition coefficient (Wildman–Crippen LogP) is 3.86. The molecule has 0 aliphatic rings. The van der Waals surface area contributed by atoms with Crippen molar-refractivity contribution in [3.8, 4) is 11.3 Å². The number of carbonyl (C=O) groups excluding carboxylic acids is 1. The SMILES string of the molecule is COC(=O)c1ccccc1-c1nc2ccc(C)cn2c1Br. The van der Waals surface area contributed by atoms with Crippen LogP contribution in [-0.4, -0.2) is 22.5 Å². The van der Waals surface area contributed by atoms with Gasteiger partial charge in [0.15, 0.2) is 0 Å². The Hall–Kier alpha value is -2.14. The number of imidazole rings is 1. The van der Waals surface area contributed by atoms with Gasteiger partial charge < -0.3 is 4.74 Å². The van der Waals surface area contributed by atoms with Crippen molar-refractivity contribution in [2.24, 2.45) is 0 Å². The Balaban J connectivity index is 2.26. The fourth-order valence-electron chi connectivity index (χ4n) is 2.27. The maximum atomic E-state index is 11.9. The maximum Gasteiger partial charge on any atom is 0.338 e. The summed E-state index contributed by atoms with van der Waals surface area (Å²) in [6.07, 6.45) is 2.00. The standard InChI is InChI=1S/C16H13BrN2O2/c1-10-7-8-13-18-14(15(17)19(13)9-10)11-5-3-4-6-12(11)16(20)21-2/h3-9H,1-2H3. The molecule has 0 saturated carbocycles. The lowest BCUT2D eigenvalue weighted by Gasteiger charge is -2.05. The molecular weight excluding hydrogens is 332 g/mol. The Morgan fingerprint density at radius 3 is 2.76 bits per heavy atom. The highest BCUT2D eigenvalue weighted by Gasteiger charge is 2.18. The monoisotopic (exact) mass is 344 g/mol.